The van der Waals surface area contributed by atoms with E-state index in [2.05, 4.69) is 24.1 Å². The zero-order chi connectivity index (χ0) is 15.2. The summed E-state index contributed by atoms with van der Waals surface area (Å²) in [6, 6.07) is 7.51. The smallest absolute Gasteiger partial charge is 0.251 e. The first kappa shape index (κ1) is 16.7. The van der Waals surface area contributed by atoms with Crippen LogP contribution in [0.15, 0.2) is 24.3 Å². The van der Waals surface area contributed by atoms with Gasteiger partial charge in [-0.2, -0.15) is 0 Å². The van der Waals surface area contributed by atoms with E-state index < -0.39 is 0 Å². The number of hydrogen-bond acceptors (Lipinski definition) is 3. The van der Waals surface area contributed by atoms with E-state index in [1.807, 2.05) is 38.4 Å². The number of methoxy groups -OCH3 is 1. The molecule has 112 valence electrons. The minimum Gasteiger partial charge on any atom is -0.380 e. The predicted octanol–water partition coefficient (Wildman–Crippen LogP) is 2.15. The number of rotatable bonds is 7. The Bertz CT molecular complexity index is 425. The first-order valence-electron chi connectivity index (χ1n) is 6.85. The molecule has 1 N–H and O–H groups in total. The van der Waals surface area contributed by atoms with Gasteiger partial charge in [-0.3, -0.25) is 4.79 Å². The molecule has 0 aromatic heterocycles. The van der Waals surface area contributed by atoms with Gasteiger partial charge in [0.05, 0.1) is 6.61 Å². The second kappa shape index (κ2) is 7.41. The van der Waals surface area contributed by atoms with Crippen molar-refractivity contribution in [3.8, 4) is 0 Å². The molecule has 0 atom stereocenters. The number of amides is 1. The van der Waals surface area contributed by atoms with Gasteiger partial charge in [0, 0.05) is 25.8 Å². The molecule has 1 aromatic rings. The zero-order valence-electron chi connectivity index (χ0n) is 13.2. The molecule has 0 saturated carbocycles. The summed E-state index contributed by atoms with van der Waals surface area (Å²) >= 11 is 0. The van der Waals surface area contributed by atoms with Crippen molar-refractivity contribution in [3.63, 3.8) is 0 Å². The molecule has 4 nitrogen and oxygen atoms in total. The Hall–Kier alpha value is -1.39. The van der Waals surface area contributed by atoms with Gasteiger partial charge in [-0.15, -0.1) is 0 Å². The van der Waals surface area contributed by atoms with Crippen LogP contribution in [-0.4, -0.2) is 45.1 Å². The van der Waals surface area contributed by atoms with Crippen LogP contribution in [0.2, 0.25) is 0 Å². The Morgan fingerprint density at radius 1 is 1.25 bits per heavy atom. The first-order chi connectivity index (χ1) is 9.34. The van der Waals surface area contributed by atoms with Crippen LogP contribution >= 0.6 is 0 Å². The van der Waals surface area contributed by atoms with E-state index in [9.17, 15) is 4.79 Å². The lowest BCUT2D eigenvalue weighted by molar-refractivity contribution is 0.0929. The van der Waals surface area contributed by atoms with Crippen molar-refractivity contribution in [2.45, 2.75) is 20.5 Å². The van der Waals surface area contributed by atoms with Gasteiger partial charge in [-0.25, -0.2) is 0 Å². The van der Waals surface area contributed by atoms with Crippen LogP contribution in [0.5, 0.6) is 0 Å². The fourth-order valence-electron chi connectivity index (χ4n) is 2.25. The van der Waals surface area contributed by atoms with E-state index in [0.29, 0.717) is 18.7 Å². The molecule has 1 rings (SSSR count). The topological polar surface area (TPSA) is 41.6 Å². The quantitative estimate of drug-likeness (QED) is 0.831. The molecule has 0 aliphatic carbocycles. The van der Waals surface area contributed by atoms with Gasteiger partial charge in [-0.05, 0) is 37.2 Å². The molecule has 0 aliphatic heterocycles. The van der Waals surface area contributed by atoms with E-state index in [4.69, 9.17) is 4.74 Å². The SMILES string of the molecule is COCc1ccc(C(=O)NCC(C)(C)CN(C)C)cc1. The molecule has 20 heavy (non-hydrogen) atoms. The van der Waals surface area contributed by atoms with Gasteiger partial charge < -0.3 is 15.0 Å². The van der Waals surface area contributed by atoms with Crippen molar-refractivity contribution in [1.82, 2.24) is 10.2 Å². The number of ether oxygens (including phenoxy) is 1. The number of hydrogen-bond donors (Lipinski definition) is 1. The molecule has 4 heteroatoms. The van der Waals surface area contributed by atoms with E-state index in [1.165, 1.54) is 0 Å². The predicted molar refractivity (Wildman–Crippen MR) is 81.8 cm³/mol. The third kappa shape index (κ3) is 5.72. The summed E-state index contributed by atoms with van der Waals surface area (Å²) in [7, 11) is 5.74. The van der Waals surface area contributed by atoms with Crippen molar-refractivity contribution >= 4 is 5.91 Å². The van der Waals surface area contributed by atoms with Crippen molar-refractivity contribution in [1.29, 1.82) is 0 Å². The molecule has 1 aromatic carbocycles. The summed E-state index contributed by atoms with van der Waals surface area (Å²) in [5.41, 5.74) is 1.80. The lowest BCUT2D eigenvalue weighted by atomic mass is 9.93. The fourth-order valence-corrected chi connectivity index (χ4v) is 2.25. The molecule has 0 radical (unpaired) electrons. The Morgan fingerprint density at radius 3 is 2.35 bits per heavy atom. The number of carbonyl (C=O) groups excluding carboxylic acids is 1. The van der Waals surface area contributed by atoms with Crippen molar-refractivity contribution in [2.24, 2.45) is 5.41 Å². The van der Waals surface area contributed by atoms with Crippen LogP contribution in [-0.2, 0) is 11.3 Å². The molecule has 0 aliphatic rings. The molecule has 0 bridgehead atoms. The Balaban J connectivity index is 2.54. The minimum absolute atomic E-state index is 0.0270. The van der Waals surface area contributed by atoms with E-state index >= 15 is 0 Å². The second-order valence-corrected chi connectivity index (χ2v) is 6.21. The van der Waals surface area contributed by atoms with Crippen molar-refractivity contribution < 1.29 is 9.53 Å². The first-order valence-corrected chi connectivity index (χ1v) is 6.85. The molecule has 0 unspecified atom stereocenters. The molecule has 1 amide bonds. The van der Waals surface area contributed by atoms with Crippen LogP contribution in [0.4, 0.5) is 0 Å². The molecule has 0 saturated heterocycles. The summed E-state index contributed by atoms with van der Waals surface area (Å²) in [6.07, 6.45) is 0. The Kier molecular flexibility index (Phi) is 6.17. The normalized spacial score (nSPS) is 11.7. The average Bonchev–Trinajstić information content (AvgIpc) is 2.36. The number of nitrogens with one attached hydrogen (secondary N) is 1. The monoisotopic (exact) mass is 278 g/mol. The van der Waals surface area contributed by atoms with Gasteiger partial charge in [0.2, 0.25) is 0 Å². The van der Waals surface area contributed by atoms with Crippen LogP contribution in [0.1, 0.15) is 29.8 Å². The molecular formula is C16H26N2O2. The second-order valence-electron chi connectivity index (χ2n) is 6.21. The summed E-state index contributed by atoms with van der Waals surface area (Å²) in [5.74, 6) is -0.0270. The fraction of sp³-hybridized carbons (Fsp3) is 0.562. The van der Waals surface area contributed by atoms with Crippen molar-refractivity contribution in [2.75, 3.05) is 34.3 Å². The summed E-state index contributed by atoms with van der Waals surface area (Å²) < 4.78 is 5.05. The average molecular weight is 278 g/mol. The van der Waals surface area contributed by atoms with Crippen LogP contribution < -0.4 is 5.32 Å². The number of nitrogens with zero attached hydrogens (tertiary/aromatic N) is 1. The lowest BCUT2D eigenvalue weighted by Crippen LogP contribution is -2.39. The van der Waals surface area contributed by atoms with E-state index in [0.717, 1.165) is 12.1 Å². The molecule has 0 spiro atoms. The highest BCUT2D eigenvalue weighted by molar-refractivity contribution is 5.94. The summed E-state index contributed by atoms with van der Waals surface area (Å²) in [6.45, 7) is 6.45. The maximum absolute atomic E-state index is 12.1. The lowest BCUT2D eigenvalue weighted by Gasteiger charge is -2.28. The van der Waals surface area contributed by atoms with Gasteiger partial charge >= 0.3 is 0 Å². The third-order valence-electron chi connectivity index (χ3n) is 3.00. The molecule has 0 fully saturated rings. The third-order valence-corrected chi connectivity index (χ3v) is 3.00. The van der Waals surface area contributed by atoms with E-state index in [-0.39, 0.29) is 11.3 Å². The highest BCUT2D eigenvalue weighted by Gasteiger charge is 2.20. The molecule has 0 heterocycles. The largest absolute Gasteiger partial charge is 0.380 e. The number of carbonyl (C=O) groups is 1. The van der Waals surface area contributed by atoms with Gasteiger partial charge in [0.15, 0.2) is 0 Å². The minimum atomic E-state index is -0.0270. The van der Waals surface area contributed by atoms with Gasteiger partial charge in [0.1, 0.15) is 0 Å². The molecular weight excluding hydrogens is 252 g/mol. The maximum Gasteiger partial charge on any atom is 0.251 e. The van der Waals surface area contributed by atoms with Gasteiger partial charge in [-0.1, -0.05) is 26.0 Å². The van der Waals surface area contributed by atoms with Crippen molar-refractivity contribution in [3.05, 3.63) is 35.4 Å². The Labute approximate surface area is 122 Å². The Morgan fingerprint density at radius 2 is 1.85 bits per heavy atom. The van der Waals surface area contributed by atoms with Crippen LogP contribution in [0, 0.1) is 5.41 Å². The van der Waals surface area contributed by atoms with E-state index in [1.54, 1.807) is 7.11 Å². The van der Waals surface area contributed by atoms with Crippen LogP contribution in [0.3, 0.4) is 0 Å². The zero-order valence-corrected chi connectivity index (χ0v) is 13.2. The standard InChI is InChI=1S/C16H26N2O2/c1-16(2,12-18(3)4)11-17-15(19)14-8-6-13(7-9-14)10-20-5/h6-9H,10-12H2,1-5H3,(H,17,19). The van der Waals surface area contributed by atoms with Gasteiger partial charge in [0.25, 0.3) is 5.91 Å². The highest BCUT2D eigenvalue weighted by atomic mass is 16.5. The summed E-state index contributed by atoms with van der Waals surface area (Å²) in [5, 5.41) is 3.00. The maximum atomic E-state index is 12.1. The summed E-state index contributed by atoms with van der Waals surface area (Å²) in [4.78, 5) is 14.2. The van der Waals surface area contributed by atoms with Crippen LogP contribution in [0.25, 0.3) is 0 Å². The highest BCUT2D eigenvalue weighted by Crippen LogP contribution is 2.14. The number of benzene rings is 1.